The zero-order chi connectivity index (χ0) is 15.0. The number of fused-ring (bicyclic) bond motifs is 2. The van der Waals surface area contributed by atoms with Crippen molar-refractivity contribution < 1.29 is 14.3 Å². The van der Waals surface area contributed by atoms with E-state index in [1.165, 1.54) is 0 Å². The van der Waals surface area contributed by atoms with Gasteiger partial charge < -0.3 is 14.4 Å². The van der Waals surface area contributed by atoms with Crippen LogP contribution in [0.25, 0.3) is 0 Å². The highest BCUT2D eigenvalue weighted by Crippen LogP contribution is 2.41. The molecule has 5 heteroatoms. The number of carbonyl (C=O) groups is 1. The second kappa shape index (κ2) is 5.76. The lowest BCUT2D eigenvalue weighted by Gasteiger charge is -2.37. The molecule has 0 aliphatic carbocycles. The largest absolute Gasteiger partial charge is 0.496 e. The molecule has 2 atom stereocenters. The summed E-state index contributed by atoms with van der Waals surface area (Å²) in [5, 5.41) is 0.186. The fourth-order valence-electron chi connectivity index (χ4n) is 3.63. The Hall–Kier alpha value is -1.42. The highest BCUT2D eigenvalue weighted by molar-refractivity contribution is 6.20. The van der Waals surface area contributed by atoms with Gasteiger partial charge in [-0.05, 0) is 37.8 Å². The predicted octanol–water partition coefficient (Wildman–Crippen LogP) is 3.08. The van der Waals surface area contributed by atoms with Crippen molar-refractivity contribution in [3.05, 3.63) is 23.8 Å². The fraction of sp³-hybridized carbons (Fsp3) is 0.562. The van der Waals surface area contributed by atoms with Gasteiger partial charge in [0.05, 0.1) is 14.2 Å². The molecule has 4 nitrogen and oxygen atoms in total. The van der Waals surface area contributed by atoms with Gasteiger partial charge in [-0.15, -0.1) is 11.6 Å². The zero-order valence-corrected chi connectivity index (χ0v) is 13.1. The molecule has 2 unspecified atom stereocenters. The number of halogens is 1. The first kappa shape index (κ1) is 14.5. The number of carbonyl (C=O) groups excluding carboxylic acids is 1. The van der Waals surface area contributed by atoms with Crippen LogP contribution < -0.4 is 9.47 Å². The van der Waals surface area contributed by atoms with Crippen LogP contribution in [0, 0.1) is 0 Å². The molecule has 2 aliphatic rings. The normalized spacial score (nSPS) is 27.6. The Labute approximate surface area is 130 Å². The van der Waals surface area contributed by atoms with E-state index in [2.05, 4.69) is 0 Å². The first-order valence-corrected chi connectivity index (χ1v) is 7.77. The van der Waals surface area contributed by atoms with Gasteiger partial charge in [0.15, 0.2) is 0 Å². The van der Waals surface area contributed by atoms with Crippen molar-refractivity contribution in [3.63, 3.8) is 0 Å². The first-order chi connectivity index (χ1) is 10.2. The Morgan fingerprint density at radius 2 is 1.67 bits per heavy atom. The maximum absolute atomic E-state index is 13.0. The Morgan fingerprint density at radius 1 is 1.14 bits per heavy atom. The fourth-order valence-corrected chi connectivity index (χ4v) is 4.04. The molecule has 21 heavy (non-hydrogen) atoms. The third-order valence-electron chi connectivity index (χ3n) is 4.55. The molecule has 1 amide bonds. The molecule has 3 rings (SSSR count). The van der Waals surface area contributed by atoms with Gasteiger partial charge in [-0.3, -0.25) is 4.79 Å². The third-order valence-corrected chi connectivity index (χ3v) is 4.91. The van der Waals surface area contributed by atoms with E-state index < -0.39 is 0 Å². The molecule has 0 spiro atoms. The van der Waals surface area contributed by atoms with Crippen molar-refractivity contribution in [2.24, 2.45) is 0 Å². The molecule has 114 valence electrons. The van der Waals surface area contributed by atoms with Crippen LogP contribution in [-0.2, 0) is 0 Å². The highest BCUT2D eigenvalue weighted by Gasteiger charge is 2.44. The molecule has 0 N–H and O–H groups in total. The van der Waals surface area contributed by atoms with Crippen molar-refractivity contribution in [1.82, 2.24) is 4.90 Å². The first-order valence-electron chi connectivity index (χ1n) is 7.33. The van der Waals surface area contributed by atoms with Gasteiger partial charge in [-0.1, -0.05) is 6.07 Å². The van der Waals surface area contributed by atoms with E-state index in [1.807, 2.05) is 11.0 Å². The Balaban J connectivity index is 1.96. The van der Waals surface area contributed by atoms with Crippen molar-refractivity contribution in [2.75, 3.05) is 14.2 Å². The smallest absolute Gasteiger partial charge is 0.261 e. The van der Waals surface area contributed by atoms with Gasteiger partial charge in [-0.2, -0.15) is 0 Å². The topological polar surface area (TPSA) is 38.8 Å². The molecule has 1 aromatic carbocycles. The lowest BCUT2D eigenvalue weighted by molar-refractivity contribution is 0.0592. The number of amides is 1. The molecule has 2 bridgehead atoms. The van der Waals surface area contributed by atoms with Crippen LogP contribution in [-0.4, -0.2) is 42.5 Å². The summed E-state index contributed by atoms with van der Waals surface area (Å²) in [6.07, 6.45) is 3.83. The van der Waals surface area contributed by atoms with E-state index in [0.29, 0.717) is 17.1 Å². The van der Waals surface area contributed by atoms with Crippen LogP contribution in [0.4, 0.5) is 0 Å². The van der Waals surface area contributed by atoms with Crippen molar-refractivity contribution in [3.8, 4) is 11.5 Å². The molecule has 0 radical (unpaired) electrons. The van der Waals surface area contributed by atoms with Crippen molar-refractivity contribution in [2.45, 2.75) is 43.1 Å². The zero-order valence-electron chi connectivity index (χ0n) is 12.3. The molecule has 1 aromatic rings. The number of ether oxygens (including phenoxy) is 2. The van der Waals surface area contributed by atoms with Crippen LogP contribution in [0.2, 0.25) is 0 Å². The van der Waals surface area contributed by atoms with E-state index >= 15 is 0 Å². The second-order valence-electron chi connectivity index (χ2n) is 5.70. The maximum Gasteiger partial charge on any atom is 0.261 e. The van der Waals surface area contributed by atoms with Crippen LogP contribution in [0.1, 0.15) is 36.0 Å². The van der Waals surface area contributed by atoms with E-state index in [-0.39, 0.29) is 23.4 Å². The molecule has 0 aromatic heterocycles. The van der Waals surface area contributed by atoms with Crippen LogP contribution in [0.3, 0.4) is 0 Å². The molecule has 2 heterocycles. The maximum atomic E-state index is 13.0. The van der Waals surface area contributed by atoms with Gasteiger partial charge in [0.2, 0.25) is 0 Å². The van der Waals surface area contributed by atoms with E-state index in [9.17, 15) is 4.79 Å². The Bertz CT molecular complexity index is 512. The summed E-state index contributed by atoms with van der Waals surface area (Å²) in [6, 6.07) is 5.91. The number of alkyl halides is 1. The summed E-state index contributed by atoms with van der Waals surface area (Å²) in [4.78, 5) is 15.0. The van der Waals surface area contributed by atoms with Gasteiger partial charge in [0.25, 0.3) is 5.91 Å². The minimum atomic E-state index is 0.000340. The SMILES string of the molecule is COc1cccc(OC)c1C(=O)N1C2CCC1CC(Cl)C2. The van der Waals surface area contributed by atoms with E-state index in [0.717, 1.165) is 25.7 Å². The standard InChI is InChI=1S/C16H20ClNO3/c1-20-13-4-3-5-14(21-2)15(13)16(19)18-11-6-7-12(18)9-10(17)8-11/h3-5,10-12H,6-9H2,1-2H3. The third kappa shape index (κ3) is 2.46. The lowest BCUT2D eigenvalue weighted by atomic mass is 10.0. The van der Waals surface area contributed by atoms with Crippen LogP contribution in [0.5, 0.6) is 11.5 Å². The number of hydrogen-bond donors (Lipinski definition) is 0. The average molecular weight is 310 g/mol. The number of nitrogens with zero attached hydrogens (tertiary/aromatic N) is 1. The molecule has 2 saturated heterocycles. The van der Waals surface area contributed by atoms with Gasteiger partial charge in [0, 0.05) is 17.5 Å². The molecule has 2 aliphatic heterocycles. The Kier molecular flexibility index (Phi) is 3.98. The summed E-state index contributed by atoms with van der Waals surface area (Å²) in [5.41, 5.74) is 0.521. The monoisotopic (exact) mass is 309 g/mol. The van der Waals surface area contributed by atoms with E-state index in [1.54, 1.807) is 26.4 Å². The summed E-state index contributed by atoms with van der Waals surface area (Å²) < 4.78 is 10.7. The summed E-state index contributed by atoms with van der Waals surface area (Å²) in [7, 11) is 3.15. The van der Waals surface area contributed by atoms with Crippen molar-refractivity contribution >= 4 is 17.5 Å². The summed E-state index contributed by atoms with van der Waals surface area (Å²) >= 11 is 6.29. The van der Waals surface area contributed by atoms with Gasteiger partial charge >= 0.3 is 0 Å². The molecule has 0 saturated carbocycles. The number of methoxy groups -OCH3 is 2. The molecule has 2 fully saturated rings. The van der Waals surface area contributed by atoms with Crippen molar-refractivity contribution in [1.29, 1.82) is 0 Å². The second-order valence-corrected chi connectivity index (χ2v) is 6.32. The lowest BCUT2D eigenvalue weighted by Crippen LogP contribution is -2.47. The van der Waals surface area contributed by atoms with Crippen LogP contribution >= 0.6 is 11.6 Å². The van der Waals surface area contributed by atoms with Gasteiger partial charge in [0.1, 0.15) is 17.1 Å². The van der Waals surface area contributed by atoms with Crippen LogP contribution in [0.15, 0.2) is 18.2 Å². The summed E-state index contributed by atoms with van der Waals surface area (Å²) in [5.74, 6) is 1.12. The highest BCUT2D eigenvalue weighted by atomic mass is 35.5. The number of rotatable bonds is 3. The number of piperidine rings is 1. The van der Waals surface area contributed by atoms with E-state index in [4.69, 9.17) is 21.1 Å². The minimum Gasteiger partial charge on any atom is -0.496 e. The van der Waals surface area contributed by atoms with Gasteiger partial charge in [-0.25, -0.2) is 0 Å². The minimum absolute atomic E-state index is 0.000340. The Morgan fingerprint density at radius 3 is 2.14 bits per heavy atom. The average Bonchev–Trinajstić information content (AvgIpc) is 2.77. The predicted molar refractivity (Wildman–Crippen MR) is 81.4 cm³/mol. The number of hydrogen-bond acceptors (Lipinski definition) is 3. The summed E-state index contributed by atoms with van der Waals surface area (Å²) in [6.45, 7) is 0. The number of benzene rings is 1. The molecular weight excluding hydrogens is 290 g/mol. The quantitative estimate of drug-likeness (QED) is 0.805. The molecular formula is C16H20ClNO3.